The highest BCUT2D eigenvalue weighted by molar-refractivity contribution is 14.0. The predicted octanol–water partition coefficient (Wildman–Crippen LogP) is 3.05. The molecule has 2 heterocycles. The molecule has 0 radical (unpaired) electrons. The van der Waals surface area contributed by atoms with E-state index in [4.69, 9.17) is 9.73 Å². The molecule has 0 amide bonds. The number of aliphatic imine (C=N–C) groups is 1. The molecular weight excluding hydrogens is 473 g/mol. The van der Waals surface area contributed by atoms with Crippen LogP contribution in [0.2, 0.25) is 0 Å². The summed E-state index contributed by atoms with van der Waals surface area (Å²) >= 11 is 1.76. The Labute approximate surface area is 185 Å². The van der Waals surface area contributed by atoms with Crippen molar-refractivity contribution < 1.29 is 4.74 Å². The number of nitrogens with one attached hydrogen (secondary N) is 2. The largest absolute Gasteiger partial charge is 0.373 e. The van der Waals surface area contributed by atoms with Gasteiger partial charge < -0.3 is 15.4 Å². The van der Waals surface area contributed by atoms with E-state index < -0.39 is 0 Å². The fourth-order valence-electron chi connectivity index (χ4n) is 3.19. The van der Waals surface area contributed by atoms with Crippen LogP contribution in [0.5, 0.6) is 0 Å². The van der Waals surface area contributed by atoms with E-state index in [1.54, 1.807) is 11.3 Å². The van der Waals surface area contributed by atoms with Crippen LogP contribution in [0, 0.1) is 6.92 Å². The fraction of sp³-hybridized carbons (Fsp3) is 0.789. The van der Waals surface area contributed by atoms with E-state index in [1.165, 1.54) is 9.88 Å². The average Bonchev–Trinajstić information content (AvgIpc) is 2.97. The summed E-state index contributed by atoms with van der Waals surface area (Å²) in [6.07, 6.45) is 3.40. The van der Waals surface area contributed by atoms with E-state index in [2.05, 4.69) is 62.1 Å². The molecule has 156 valence electrons. The summed E-state index contributed by atoms with van der Waals surface area (Å²) in [7, 11) is 0. The van der Waals surface area contributed by atoms with Crippen molar-refractivity contribution in [2.75, 3.05) is 32.7 Å². The number of nitrogens with zero attached hydrogens (tertiary/aromatic N) is 3. The molecule has 2 atom stereocenters. The predicted molar refractivity (Wildman–Crippen MR) is 126 cm³/mol. The molecule has 2 unspecified atom stereocenters. The smallest absolute Gasteiger partial charge is 0.191 e. The third-order valence-electron chi connectivity index (χ3n) is 4.54. The van der Waals surface area contributed by atoms with Crippen molar-refractivity contribution >= 4 is 41.3 Å². The van der Waals surface area contributed by atoms with Crippen LogP contribution in [0.3, 0.4) is 0 Å². The summed E-state index contributed by atoms with van der Waals surface area (Å²) in [6.45, 7) is 17.4. The molecule has 1 fully saturated rings. The maximum Gasteiger partial charge on any atom is 0.191 e. The van der Waals surface area contributed by atoms with Gasteiger partial charge in [-0.2, -0.15) is 0 Å². The van der Waals surface area contributed by atoms with Gasteiger partial charge in [-0.3, -0.25) is 9.89 Å². The number of guanidine groups is 1. The first-order chi connectivity index (χ1) is 12.3. The van der Waals surface area contributed by atoms with E-state index in [0.29, 0.717) is 0 Å². The monoisotopic (exact) mass is 509 g/mol. The van der Waals surface area contributed by atoms with Crippen molar-refractivity contribution in [3.63, 3.8) is 0 Å². The van der Waals surface area contributed by atoms with Gasteiger partial charge >= 0.3 is 0 Å². The molecule has 27 heavy (non-hydrogen) atoms. The number of rotatable bonds is 7. The molecule has 1 aliphatic heterocycles. The van der Waals surface area contributed by atoms with Crippen molar-refractivity contribution in [3.8, 4) is 0 Å². The van der Waals surface area contributed by atoms with Crippen LogP contribution in [-0.4, -0.2) is 66.3 Å². The quantitative estimate of drug-likeness (QED) is 0.336. The Morgan fingerprint density at radius 2 is 2.00 bits per heavy atom. The SMILES string of the molecule is CCNC(=NCC(C)(C)N1CC(C)OC(C)C1)NCCc1ncc(C)s1.I. The lowest BCUT2D eigenvalue weighted by molar-refractivity contribution is -0.0939. The standard InChI is InChI=1S/C19H35N5OS.HI/c1-7-20-18(21-9-8-17-22-10-16(4)26-17)23-13-19(5,6)24-11-14(2)25-15(3)12-24;/h10,14-15H,7-9,11-13H2,1-6H3,(H2,20,21,23);1H. The summed E-state index contributed by atoms with van der Waals surface area (Å²) in [6, 6.07) is 0. The normalized spacial score (nSPS) is 21.6. The van der Waals surface area contributed by atoms with Crippen LogP contribution in [0.25, 0.3) is 0 Å². The molecule has 1 aliphatic rings. The van der Waals surface area contributed by atoms with Gasteiger partial charge in [0.25, 0.3) is 0 Å². The molecule has 0 aliphatic carbocycles. The second-order valence-electron chi connectivity index (χ2n) is 7.71. The number of hydrogen-bond acceptors (Lipinski definition) is 5. The topological polar surface area (TPSA) is 61.8 Å². The molecule has 1 aromatic rings. The zero-order valence-corrected chi connectivity index (χ0v) is 20.7. The van der Waals surface area contributed by atoms with E-state index in [9.17, 15) is 0 Å². The van der Waals surface area contributed by atoms with Crippen molar-refractivity contribution in [1.29, 1.82) is 0 Å². The van der Waals surface area contributed by atoms with Crippen LogP contribution >= 0.6 is 35.3 Å². The number of morpholine rings is 1. The summed E-state index contributed by atoms with van der Waals surface area (Å²) in [5, 5.41) is 7.95. The Balaban J connectivity index is 0.00000364. The number of thiazole rings is 1. The molecule has 1 saturated heterocycles. The summed E-state index contributed by atoms with van der Waals surface area (Å²) in [5.74, 6) is 0.878. The van der Waals surface area contributed by atoms with Crippen molar-refractivity contribution in [2.24, 2.45) is 4.99 Å². The lowest BCUT2D eigenvalue weighted by atomic mass is 10.0. The van der Waals surface area contributed by atoms with Crippen LogP contribution < -0.4 is 10.6 Å². The number of aromatic nitrogens is 1. The van der Waals surface area contributed by atoms with Gasteiger partial charge in [0.2, 0.25) is 0 Å². The Morgan fingerprint density at radius 1 is 1.33 bits per heavy atom. The Hall–Kier alpha value is -0.450. The van der Waals surface area contributed by atoms with E-state index >= 15 is 0 Å². The van der Waals surface area contributed by atoms with E-state index in [0.717, 1.165) is 45.1 Å². The second kappa shape index (κ2) is 11.5. The number of aryl methyl sites for hydroxylation is 1. The molecule has 1 aromatic heterocycles. The first-order valence-electron chi connectivity index (χ1n) is 9.64. The first kappa shape index (κ1) is 24.6. The summed E-state index contributed by atoms with van der Waals surface area (Å²) in [5.41, 5.74) is 0.00106. The Bertz CT molecular complexity index is 582. The molecular formula is C19H36IN5OS. The number of ether oxygens (including phenoxy) is 1. The maximum absolute atomic E-state index is 5.87. The van der Waals surface area contributed by atoms with E-state index in [-0.39, 0.29) is 41.7 Å². The molecule has 0 bridgehead atoms. The van der Waals surface area contributed by atoms with Gasteiger partial charge in [-0.25, -0.2) is 4.98 Å². The minimum absolute atomic E-state index is 0. The average molecular weight is 510 g/mol. The minimum atomic E-state index is 0. The van der Waals surface area contributed by atoms with Gasteiger partial charge in [0.15, 0.2) is 5.96 Å². The second-order valence-corrected chi connectivity index (χ2v) is 9.03. The fourth-order valence-corrected chi connectivity index (χ4v) is 3.98. The highest BCUT2D eigenvalue weighted by Crippen LogP contribution is 2.21. The van der Waals surface area contributed by atoms with Crippen molar-refractivity contribution in [3.05, 3.63) is 16.1 Å². The molecule has 0 saturated carbocycles. The van der Waals surface area contributed by atoms with Gasteiger partial charge in [-0.1, -0.05) is 0 Å². The zero-order chi connectivity index (χ0) is 19.2. The molecule has 8 heteroatoms. The third kappa shape index (κ3) is 8.21. The Kier molecular flexibility index (Phi) is 10.5. The first-order valence-corrected chi connectivity index (χ1v) is 10.5. The number of hydrogen-bond donors (Lipinski definition) is 2. The van der Waals surface area contributed by atoms with Crippen LogP contribution in [0.15, 0.2) is 11.2 Å². The highest BCUT2D eigenvalue weighted by Gasteiger charge is 2.33. The molecule has 2 rings (SSSR count). The van der Waals surface area contributed by atoms with Gasteiger partial charge in [-0.05, 0) is 41.5 Å². The lowest BCUT2D eigenvalue weighted by Crippen LogP contribution is -2.56. The summed E-state index contributed by atoms with van der Waals surface area (Å²) < 4.78 is 5.87. The van der Waals surface area contributed by atoms with Crippen LogP contribution in [0.4, 0.5) is 0 Å². The maximum atomic E-state index is 5.87. The molecule has 0 spiro atoms. The van der Waals surface area contributed by atoms with Crippen molar-refractivity contribution in [1.82, 2.24) is 20.5 Å². The molecule has 2 N–H and O–H groups in total. The van der Waals surface area contributed by atoms with Gasteiger partial charge in [0, 0.05) is 49.2 Å². The number of halogens is 1. The van der Waals surface area contributed by atoms with Gasteiger partial charge in [0.05, 0.1) is 23.8 Å². The van der Waals surface area contributed by atoms with Crippen LogP contribution in [0.1, 0.15) is 44.5 Å². The van der Waals surface area contributed by atoms with Crippen LogP contribution in [-0.2, 0) is 11.2 Å². The Morgan fingerprint density at radius 3 is 2.56 bits per heavy atom. The molecule has 6 nitrogen and oxygen atoms in total. The van der Waals surface area contributed by atoms with Gasteiger partial charge in [-0.15, -0.1) is 35.3 Å². The van der Waals surface area contributed by atoms with Crippen molar-refractivity contribution in [2.45, 2.75) is 65.7 Å². The third-order valence-corrected chi connectivity index (χ3v) is 5.52. The highest BCUT2D eigenvalue weighted by atomic mass is 127. The molecule has 0 aromatic carbocycles. The zero-order valence-electron chi connectivity index (χ0n) is 17.5. The minimum Gasteiger partial charge on any atom is -0.373 e. The summed E-state index contributed by atoms with van der Waals surface area (Å²) in [4.78, 5) is 13.0. The van der Waals surface area contributed by atoms with E-state index in [1.807, 2.05) is 6.20 Å². The lowest BCUT2D eigenvalue weighted by Gasteiger charge is -2.44. The van der Waals surface area contributed by atoms with Gasteiger partial charge in [0.1, 0.15) is 0 Å².